The van der Waals surface area contributed by atoms with Gasteiger partial charge in [-0.1, -0.05) is 26.0 Å². The molecule has 0 saturated heterocycles. The molecule has 0 bridgehead atoms. The smallest absolute Gasteiger partial charge is 0.247 e. The minimum absolute atomic E-state index is 0.0373. The maximum atomic E-state index is 12.1. The van der Waals surface area contributed by atoms with E-state index in [2.05, 4.69) is 33.2 Å². The van der Waals surface area contributed by atoms with Crippen LogP contribution in [0.4, 0.5) is 5.69 Å². The molecule has 1 aromatic rings. The molecule has 2 amide bonds. The summed E-state index contributed by atoms with van der Waals surface area (Å²) in [6.07, 6.45) is 0. The lowest BCUT2D eigenvalue weighted by Gasteiger charge is -2.21. The molecule has 4 nitrogen and oxygen atoms in total. The number of benzene rings is 1. The van der Waals surface area contributed by atoms with Crippen LogP contribution in [0.15, 0.2) is 24.3 Å². The third-order valence-electron chi connectivity index (χ3n) is 2.44. The van der Waals surface area contributed by atoms with Gasteiger partial charge in [0.15, 0.2) is 0 Å². The Morgan fingerprint density at radius 1 is 1.22 bits per heavy atom. The molecule has 0 saturated carbocycles. The lowest BCUT2D eigenvalue weighted by atomic mass is 10.0. The topological polar surface area (TPSA) is 58.2 Å². The van der Waals surface area contributed by atoms with Crippen LogP contribution in [0.2, 0.25) is 0 Å². The Labute approximate surface area is 121 Å². The Bertz CT molecular complexity index is 446. The number of hydrogen-bond donors (Lipinski definition) is 2. The molecule has 18 heavy (non-hydrogen) atoms. The van der Waals surface area contributed by atoms with E-state index >= 15 is 0 Å². The number of nitrogens with one attached hydrogen (secondary N) is 2. The third kappa shape index (κ3) is 4.29. The summed E-state index contributed by atoms with van der Waals surface area (Å²) in [7, 11) is 0. The molecule has 0 heterocycles. The molecule has 5 heteroatoms. The molecule has 0 spiro atoms. The number of amides is 2. The Morgan fingerprint density at radius 3 is 2.33 bits per heavy atom. The normalized spacial score (nSPS) is 12.1. The summed E-state index contributed by atoms with van der Waals surface area (Å²) in [4.78, 5) is 23.2. The lowest BCUT2D eigenvalue weighted by molar-refractivity contribution is -0.126. The Morgan fingerprint density at radius 2 is 1.83 bits per heavy atom. The highest BCUT2D eigenvalue weighted by Crippen LogP contribution is 2.17. The number of halogens is 1. The fourth-order valence-electron chi connectivity index (χ4n) is 1.53. The van der Waals surface area contributed by atoms with Crippen molar-refractivity contribution in [3.63, 3.8) is 0 Å². The number of hydrogen-bond acceptors (Lipinski definition) is 2. The van der Waals surface area contributed by atoms with Crippen LogP contribution in [-0.4, -0.2) is 17.9 Å². The third-order valence-corrected chi connectivity index (χ3v) is 3.38. The van der Waals surface area contributed by atoms with E-state index in [9.17, 15) is 9.59 Å². The van der Waals surface area contributed by atoms with Crippen LogP contribution in [0.5, 0.6) is 0 Å². The molecule has 1 rings (SSSR count). The van der Waals surface area contributed by atoms with E-state index < -0.39 is 6.04 Å². The van der Waals surface area contributed by atoms with Crippen molar-refractivity contribution in [1.29, 1.82) is 0 Å². The van der Waals surface area contributed by atoms with Gasteiger partial charge in [0.1, 0.15) is 6.04 Å². The number of rotatable bonds is 4. The summed E-state index contributed by atoms with van der Waals surface area (Å²) >= 11 is 2.16. The van der Waals surface area contributed by atoms with Gasteiger partial charge in [-0.2, -0.15) is 0 Å². The summed E-state index contributed by atoms with van der Waals surface area (Å²) in [5, 5.41) is 5.50. The van der Waals surface area contributed by atoms with Gasteiger partial charge in [0.25, 0.3) is 0 Å². The number of para-hydroxylation sites is 1. The molecule has 0 aliphatic rings. The second-order valence-electron chi connectivity index (χ2n) is 4.39. The molecule has 2 N–H and O–H groups in total. The SMILES string of the molecule is CC(=O)NC(C(=O)Nc1ccccc1I)C(C)C. The van der Waals surface area contributed by atoms with E-state index in [0.29, 0.717) is 0 Å². The highest BCUT2D eigenvalue weighted by Gasteiger charge is 2.23. The van der Waals surface area contributed by atoms with Gasteiger partial charge in [0.05, 0.1) is 5.69 Å². The van der Waals surface area contributed by atoms with Gasteiger partial charge in [-0.15, -0.1) is 0 Å². The minimum atomic E-state index is -0.515. The van der Waals surface area contributed by atoms with Gasteiger partial charge >= 0.3 is 0 Å². The lowest BCUT2D eigenvalue weighted by Crippen LogP contribution is -2.46. The van der Waals surface area contributed by atoms with Gasteiger partial charge in [-0.05, 0) is 40.6 Å². The molecular weight excluding hydrogens is 343 g/mol. The highest BCUT2D eigenvalue weighted by atomic mass is 127. The van der Waals surface area contributed by atoms with Crippen LogP contribution in [0, 0.1) is 9.49 Å². The van der Waals surface area contributed by atoms with Crippen LogP contribution < -0.4 is 10.6 Å². The molecule has 0 aromatic heterocycles. The predicted molar refractivity (Wildman–Crippen MR) is 80.2 cm³/mol. The number of carbonyl (C=O) groups excluding carboxylic acids is 2. The van der Waals surface area contributed by atoms with Crippen molar-refractivity contribution in [3.8, 4) is 0 Å². The molecule has 0 radical (unpaired) electrons. The van der Waals surface area contributed by atoms with Gasteiger partial charge in [-0.25, -0.2) is 0 Å². The summed E-state index contributed by atoms with van der Waals surface area (Å²) in [5.74, 6) is -0.355. The van der Waals surface area contributed by atoms with E-state index in [1.807, 2.05) is 38.1 Å². The van der Waals surface area contributed by atoms with Crippen molar-refractivity contribution < 1.29 is 9.59 Å². The van der Waals surface area contributed by atoms with Gasteiger partial charge in [0, 0.05) is 10.5 Å². The van der Waals surface area contributed by atoms with E-state index in [1.165, 1.54) is 6.92 Å². The van der Waals surface area contributed by atoms with Crippen molar-refractivity contribution in [3.05, 3.63) is 27.8 Å². The summed E-state index contributed by atoms with van der Waals surface area (Å²) in [6, 6.07) is 7.01. The number of anilines is 1. The first-order chi connectivity index (χ1) is 8.41. The summed E-state index contributed by atoms with van der Waals surface area (Å²) in [6.45, 7) is 5.21. The predicted octanol–water partition coefficient (Wildman–Crippen LogP) is 2.39. The molecule has 98 valence electrons. The van der Waals surface area contributed by atoms with Crippen LogP contribution in [0.25, 0.3) is 0 Å². The van der Waals surface area contributed by atoms with Crippen LogP contribution in [-0.2, 0) is 9.59 Å². The maximum Gasteiger partial charge on any atom is 0.247 e. The first-order valence-electron chi connectivity index (χ1n) is 5.74. The van der Waals surface area contributed by atoms with Crippen LogP contribution >= 0.6 is 22.6 Å². The number of carbonyl (C=O) groups is 2. The van der Waals surface area contributed by atoms with E-state index in [4.69, 9.17) is 0 Å². The molecule has 1 aromatic carbocycles. The zero-order chi connectivity index (χ0) is 13.7. The van der Waals surface area contributed by atoms with Crippen molar-refractivity contribution in [2.24, 2.45) is 5.92 Å². The fourth-order valence-corrected chi connectivity index (χ4v) is 2.05. The first kappa shape index (κ1) is 14.9. The summed E-state index contributed by atoms with van der Waals surface area (Å²) < 4.78 is 0.966. The Hall–Kier alpha value is -1.11. The van der Waals surface area contributed by atoms with Gasteiger partial charge < -0.3 is 10.6 Å². The second kappa shape index (κ2) is 6.72. The van der Waals surface area contributed by atoms with Crippen molar-refractivity contribution in [1.82, 2.24) is 5.32 Å². The van der Waals surface area contributed by atoms with E-state index in [0.717, 1.165) is 9.26 Å². The second-order valence-corrected chi connectivity index (χ2v) is 5.55. The highest BCUT2D eigenvalue weighted by molar-refractivity contribution is 14.1. The molecule has 1 unspecified atom stereocenters. The van der Waals surface area contributed by atoms with Crippen LogP contribution in [0.3, 0.4) is 0 Å². The fraction of sp³-hybridized carbons (Fsp3) is 0.385. The zero-order valence-corrected chi connectivity index (χ0v) is 12.8. The van der Waals surface area contributed by atoms with Crippen LogP contribution in [0.1, 0.15) is 20.8 Å². The monoisotopic (exact) mass is 360 g/mol. The Balaban J connectivity index is 2.79. The van der Waals surface area contributed by atoms with E-state index in [-0.39, 0.29) is 17.7 Å². The molecular formula is C13H17IN2O2. The van der Waals surface area contributed by atoms with Gasteiger partial charge in [0.2, 0.25) is 11.8 Å². The van der Waals surface area contributed by atoms with Crippen molar-refractivity contribution >= 4 is 40.1 Å². The van der Waals surface area contributed by atoms with E-state index in [1.54, 1.807) is 0 Å². The van der Waals surface area contributed by atoms with Gasteiger partial charge in [-0.3, -0.25) is 9.59 Å². The molecule has 0 aliphatic heterocycles. The molecule has 0 aliphatic carbocycles. The maximum absolute atomic E-state index is 12.1. The minimum Gasteiger partial charge on any atom is -0.344 e. The average Bonchev–Trinajstić information content (AvgIpc) is 2.28. The quantitative estimate of drug-likeness (QED) is 0.811. The summed E-state index contributed by atoms with van der Waals surface area (Å²) in [5.41, 5.74) is 0.763. The standard InChI is InChI=1S/C13H17IN2O2/c1-8(2)12(15-9(3)17)13(18)16-11-7-5-4-6-10(11)14/h4-8,12H,1-3H3,(H,15,17)(H,16,18). The largest absolute Gasteiger partial charge is 0.344 e. The molecule has 0 fully saturated rings. The molecule has 1 atom stereocenters. The van der Waals surface area contributed by atoms with Crippen molar-refractivity contribution in [2.45, 2.75) is 26.8 Å². The zero-order valence-electron chi connectivity index (χ0n) is 10.7. The first-order valence-corrected chi connectivity index (χ1v) is 6.82. The van der Waals surface area contributed by atoms with Crippen molar-refractivity contribution in [2.75, 3.05) is 5.32 Å². The Kier molecular flexibility index (Phi) is 5.58. The average molecular weight is 360 g/mol.